The normalized spacial score (nSPS) is 18.6. The van der Waals surface area contributed by atoms with E-state index >= 15 is 0 Å². The van der Waals surface area contributed by atoms with Crippen molar-refractivity contribution in [3.05, 3.63) is 29.3 Å². The second-order valence-electron chi connectivity index (χ2n) is 3.12. The second-order valence-corrected chi connectivity index (χ2v) is 3.85. The Balaban J connectivity index is 2.36. The summed E-state index contributed by atoms with van der Waals surface area (Å²) >= 11 is 11.2. The highest BCUT2D eigenvalue weighted by Crippen LogP contribution is 2.31. The molecule has 0 saturated heterocycles. The maximum Gasteiger partial charge on any atom is 0.340 e. The number of anilines is 1. The van der Waals surface area contributed by atoms with Crippen LogP contribution in [0, 0.1) is 0 Å². The number of halogens is 2. The van der Waals surface area contributed by atoms with Gasteiger partial charge in [0.2, 0.25) is 6.17 Å². The summed E-state index contributed by atoms with van der Waals surface area (Å²) in [4.78, 5) is 22.0. The molecule has 6 nitrogen and oxygen atoms in total. The van der Waals surface area contributed by atoms with Crippen LogP contribution < -0.4 is 5.01 Å². The van der Waals surface area contributed by atoms with Gasteiger partial charge in [0.05, 0.1) is 10.7 Å². The van der Waals surface area contributed by atoms with Crippen LogP contribution in [0.25, 0.3) is 0 Å². The standard InChI is InChI=1S/C9H6Cl2N4O2/c10-6-3-1-2-4-7(6)14-8(5-16)15(9(11)17)13-12-14/h1-5,8H. The summed E-state index contributed by atoms with van der Waals surface area (Å²) in [7, 11) is 0. The number of aldehydes is 1. The molecule has 0 saturated carbocycles. The fraction of sp³-hybridized carbons (Fsp3) is 0.111. The van der Waals surface area contributed by atoms with Gasteiger partial charge in [0, 0.05) is 0 Å². The van der Waals surface area contributed by atoms with Crippen molar-refractivity contribution in [2.45, 2.75) is 6.17 Å². The van der Waals surface area contributed by atoms with Gasteiger partial charge >= 0.3 is 5.37 Å². The number of para-hydroxylation sites is 1. The van der Waals surface area contributed by atoms with Crippen molar-refractivity contribution in [1.82, 2.24) is 5.01 Å². The molecule has 0 N–H and O–H groups in total. The molecule has 0 bridgehead atoms. The molecule has 1 amide bonds. The highest BCUT2D eigenvalue weighted by atomic mass is 35.5. The van der Waals surface area contributed by atoms with Crippen LogP contribution in [0.1, 0.15) is 0 Å². The van der Waals surface area contributed by atoms with Gasteiger partial charge in [-0.25, -0.2) is 5.01 Å². The molecule has 17 heavy (non-hydrogen) atoms. The summed E-state index contributed by atoms with van der Waals surface area (Å²) in [6.45, 7) is 0. The first-order valence-corrected chi connectivity index (χ1v) is 5.30. The van der Waals surface area contributed by atoms with Crippen LogP contribution in [0.2, 0.25) is 5.02 Å². The number of nitrogens with zero attached hydrogens (tertiary/aromatic N) is 4. The van der Waals surface area contributed by atoms with E-state index in [9.17, 15) is 9.59 Å². The quantitative estimate of drug-likeness (QED) is 0.472. The first kappa shape index (κ1) is 11.8. The molecular weight excluding hydrogens is 267 g/mol. The van der Waals surface area contributed by atoms with E-state index in [2.05, 4.69) is 10.4 Å². The number of benzene rings is 1. The molecule has 1 heterocycles. The maximum atomic E-state index is 11.0. The molecule has 0 spiro atoms. The van der Waals surface area contributed by atoms with Crippen molar-refractivity contribution in [2.75, 3.05) is 5.01 Å². The average molecular weight is 273 g/mol. The number of hydrogen-bond acceptors (Lipinski definition) is 5. The molecule has 1 aliphatic rings. The second kappa shape index (κ2) is 4.68. The van der Waals surface area contributed by atoms with Crippen molar-refractivity contribution in [2.24, 2.45) is 10.4 Å². The number of hydrogen-bond donors (Lipinski definition) is 0. The van der Waals surface area contributed by atoms with Crippen molar-refractivity contribution >= 4 is 40.5 Å². The number of amides is 1. The van der Waals surface area contributed by atoms with Gasteiger partial charge < -0.3 is 0 Å². The number of rotatable bonds is 2. The van der Waals surface area contributed by atoms with E-state index in [0.29, 0.717) is 17.0 Å². The first-order valence-electron chi connectivity index (χ1n) is 4.54. The average Bonchev–Trinajstić information content (AvgIpc) is 2.73. The van der Waals surface area contributed by atoms with Crippen LogP contribution in [0.4, 0.5) is 10.5 Å². The van der Waals surface area contributed by atoms with E-state index in [1.165, 1.54) is 5.01 Å². The van der Waals surface area contributed by atoms with Gasteiger partial charge in [0.25, 0.3) is 0 Å². The Bertz CT molecular complexity index is 494. The Morgan fingerprint density at radius 2 is 2.06 bits per heavy atom. The third-order valence-corrected chi connectivity index (χ3v) is 2.63. The van der Waals surface area contributed by atoms with Crippen LogP contribution in [-0.4, -0.2) is 22.8 Å². The number of carbonyl (C=O) groups is 2. The van der Waals surface area contributed by atoms with Gasteiger partial charge in [-0.3, -0.25) is 9.59 Å². The summed E-state index contributed by atoms with van der Waals surface area (Å²) < 4.78 is 0. The van der Waals surface area contributed by atoms with Gasteiger partial charge in [-0.15, -0.1) is 0 Å². The van der Waals surface area contributed by atoms with Gasteiger partial charge in [-0.1, -0.05) is 23.7 Å². The lowest BCUT2D eigenvalue weighted by molar-refractivity contribution is -0.110. The minimum atomic E-state index is -1.01. The molecular formula is C9H6Cl2N4O2. The largest absolute Gasteiger partial charge is 0.340 e. The molecule has 1 aliphatic heterocycles. The lowest BCUT2D eigenvalue weighted by Crippen LogP contribution is -2.41. The van der Waals surface area contributed by atoms with Crippen LogP contribution in [0.3, 0.4) is 0 Å². The minimum Gasteiger partial charge on any atom is -0.299 e. The van der Waals surface area contributed by atoms with Gasteiger partial charge in [-0.2, -0.15) is 5.01 Å². The highest BCUT2D eigenvalue weighted by Gasteiger charge is 2.35. The Hall–Kier alpha value is -1.66. The molecule has 1 unspecified atom stereocenters. The monoisotopic (exact) mass is 272 g/mol. The molecule has 0 aliphatic carbocycles. The highest BCUT2D eigenvalue weighted by molar-refractivity contribution is 6.62. The van der Waals surface area contributed by atoms with E-state index in [1.54, 1.807) is 24.3 Å². The summed E-state index contributed by atoms with van der Waals surface area (Å²) in [5.41, 5.74) is 0.468. The fourth-order valence-electron chi connectivity index (χ4n) is 1.38. The van der Waals surface area contributed by atoms with Crippen molar-refractivity contribution in [1.29, 1.82) is 0 Å². The predicted octanol–water partition coefficient (Wildman–Crippen LogP) is 2.63. The van der Waals surface area contributed by atoms with Crippen molar-refractivity contribution in [3.63, 3.8) is 0 Å². The van der Waals surface area contributed by atoms with E-state index < -0.39 is 11.5 Å². The molecule has 88 valence electrons. The third kappa shape index (κ3) is 2.09. The Kier molecular flexibility index (Phi) is 3.26. The van der Waals surface area contributed by atoms with Crippen LogP contribution >= 0.6 is 23.2 Å². The minimum absolute atomic E-state index is 0.391. The summed E-state index contributed by atoms with van der Waals surface area (Å²) in [5, 5.41) is 8.67. The molecule has 0 aromatic heterocycles. The zero-order chi connectivity index (χ0) is 12.4. The first-order chi connectivity index (χ1) is 8.15. The lowest BCUT2D eigenvalue weighted by atomic mass is 10.3. The van der Waals surface area contributed by atoms with Gasteiger partial charge in [0.1, 0.15) is 0 Å². The molecule has 0 radical (unpaired) electrons. The molecule has 0 fully saturated rings. The Morgan fingerprint density at radius 3 is 2.65 bits per heavy atom. The van der Waals surface area contributed by atoms with E-state index in [4.69, 9.17) is 23.2 Å². The lowest BCUT2D eigenvalue weighted by Gasteiger charge is -2.21. The zero-order valence-corrected chi connectivity index (χ0v) is 9.84. The molecule has 1 atom stereocenters. The van der Waals surface area contributed by atoms with E-state index in [-0.39, 0.29) is 0 Å². The Morgan fingerprint density at radius 1 is 1.35 bits per heavy atom. The summed E-state index contributed by atoms with van der Waals surface area (Å²) in [5.74, 6) is 0. The Labute approximate surface area is 106 Å². The summed E-state index contributed by atoms with van der Waals surface area (Å²) in [6.07, 6.45) is -0.510. The van der Waals surface area contributed by atoms with E-state index in [1.807, 2.05) is 0 Å². The maximum absolute atomic E-state index is 11.0. The van der Waals surface area contributed by atoms with Crippen LogP contribution in [-0.2, 0) is 4.79 Å². The van der Waals surface area contributed by atoms with Gasteiger partial charge in [-0.05, 0) is 34.2 Å². The molecule has 8 heteroatoms. The fourth-order valence-corrected chi connectivity index (χ4v) is 1.73. The topological polar surface area (TPSA) is 65.3 Å². The third-order valence-electron chi connectivity index (χ3n) is 2.13. The molecule has 1 aromatic carbocycles. The number of carbonyl (C=O) groups excluding carboxylic acids is 2. The molecule has 1 aromatic rings. The van der Waals surface area contributed by atoms with Crippen molar-refractivity contribution in [3.8, 4) is 0 Å². The smallest absolute Gasteiger partial charge is 0.299 e. The van der Waals surface area contributed by atoms with E-state index in [0.717, 1.165) is 5.01 Å². The van der Waals surface area contributed by atoms with Crippen LogP contribution in [0.5, 0.6) is 0 Å². The van der Waals surface area contributed by atoms with Crippen LogP contribution in [0.15, 0.2) is 34.7 Å². The summed E-state index contributed by atoms with van der Waals surface area (Å²) in [6, 6.07) is 6.75. The zero-order valence-electron chi connectivity index (χ0n) is 8.33. The predicted molar refractivity (Wildman–Crippen MR) is 61.7 cm³/mol. The molecule has 2 rings (SSSR count). The van der Waals surface area contributed by atoms with Gasteiger partial charge in [0.15, 0.2) is 6.29 Å². The SMILES string of the molecule is O=CC1N(C(=O)Cl)N=NN1c1ccccc1Cl. The van der Waals surface area contributed by atoms with Crippen molar-refractivity contribution < 1.29 is 9.59 Å².